The van der Waals surface area contributed by atoms with Crippen molar-refractivity contribution in [2.24, 2.45) is 0 Å². The first-order chi connectivity index (χ1) is 6.70. The van der Waals surface area contributed by atoms with Gasteiger partial charge in [0.05, 0.1) is 4.88 Å². The minimum Gasteiger partial charge on any atom is -0.295 e. The summed E-state index contributed by atoms with van der Waals surface area (Å²) in [5.41, 5.74) is 0. The third-order valence-corrected chi connectivity index (χ3v) is 2.34. The second-order valence-corrected chi connectivity index (χ2v) is 3.62. The van der Waals surface area contributed by atoms with Gasteiger partial charge in [0, 0.05) is 0 Å². The van der Waals surface area contributed by atoms with Crippen molar-refractivity contribution in [3.63, 3.8) is 0 Å². The summed E-state index contributed by atoms with van der Waals surface area (Å²) in [5, 5.41) is 1.85. The van der Waals surface area contributed by atoms with Gasteiger partial charge in [-0.2, -0.15) is 0 Å². The molecule has 2 nitrogen and oxygen atoms in total. The molecule has 0 aromatic carbocycles. The molecule has 1 rings (SSSR count). The summed E-state index contributed by atoms with van der Waals surface area (Å²) >= 11 is 1.40. The fraction of sp³-hybridized carbons (Fsp3) is 0.0909. The van der Waals surface area contributed by atoms with Gasteiger partial charge < -0.3 is 0 Å². The SMILES string of the molecule is CC(=O)/C=C/C=C/C(=O)c1cccs1. The van der Waals surface area contributed by atoms with Crippen LogP contribution in [0.2, 0.25) is 0 Å². The lowest BCUT2D eigenvalue weighted by molar-refractivity contribution is -0.112. The van der Waals surface area contributed by atoms with E-state index in [-0.39, 0.29) is 11.6 Å². The zero-order chi connectivity index (χ0) is 10.4. The topological polar surface area (TPSA) is 34.1 Å². The second-order valence-electron chi connectivity index (χ2n) is 2.67. The van der Waals surface area contributed by atoms with Gasteiger partial charge in [0.25, 0.3) is 0 Å². The molecule has 1 aromatic rings. The first kappa shape index (κ1) is 10.6. The van der Waals surface area contributed by atoms with E-state index >= 15 is 0 Å². The Hall–Kier alpha value is -1.48. The van der Waals surface area contributed by atoms with E-state index in [4.69, 9.17) is 0 Å². The Morgan fingerprint density at radius 1 is 1.29 bits per heavy atom. The quantitative estimate of drug-likeness (QED) is 0.431. The number of hydrogen-bond donors (Lipinski definition) is 0. The van der Waals surface area contributed by atoms with E-state index in [2.05, 4.69) is 0 Å². The van der Waals surface area contributed by atoms with Crippen molar-refractivity contribution in [2.45, 2.75) is 6.92 Å². The first-order valence-electron chi connectivity index (χ1n) is 4.13. The fourth-order valence-corrected chi connectivity index (χ4v) is 1.48. The number of ketones is 2. The van der Waals surface area contributed by atoms with Gasteiger partial charge in [-0.15, -0.1) is 11.3 Å². The van der Waals surface area contributed by atoms with Crippen LogP contribution in [0.25, 0.3) is 0 Å². The molecule has 0 saturated heterocycles. The van der Waals surface area contributed by atoms with Crippen LogP contribution in [-0.2, 0) is 4.79 Å². The Morgan fingerprint density at radius 2 is 2.00 bits per heavy atom. The molecule has 0 bridgehead atoms. The number of carbonyl (C=O) groups is 2. The van der Waals surface area contributed by atoms with Crippen LogP contribution >= 0.6 is 11.3 Å². The molecule has 0 aliphatic carbocycles. The summed E-state index contributed by atoms with van der Waals surface area (Å²) in [6.07, 6.45) is 6.00. The summed E-state index contributed by atoms with van der Waals surface area (Å²) in [4.78, 5) is 22.6. The summed E-state index contributed by atoms with van der Waals surface area (Å²) < 4.78 is 0. The molecule has 0 saturated carbocycles. The Morgan fingerprint density at radius 3 is 2.57 bits per heavy atom. The van der Waals surface area contributed by atoms with Crippen LogP contribution in [0.3, 0.4) is 0 Å². The third-order valence-electron chi connectivity index (χ3n) is 1.45. The van der Waals surface area contributed by atoms with E-state index in [0.29, 0.717) is 4.88 Å². The Balaban J connectivity index is 2.53. The van der Waals surface area contributed by atoms with Crippen molar-refractivity contribution < 1.29 is 9.59 Å². The van der Waals surface area contributed by atoms with Gasteiger partial charge in [-0.05, 0) is 30.5 Å². The molecule has 0 atom stereocenters. The first-order valence-corrected chi connectivity index (χ1v) is 5.01. The van der Waals surface area contributed by atoms with Gasteiger partial charge in [-0.1, -0.05) is 18.2 Å². The van der Waals surface area contributed by atoms with Gasteiger partial charge in [-0.25, -0.2) is 0 Å². The van der Waals surface area contributed by atoms with Crippen molar-refractivity contribution >= 4 is 22.9 Å². The fourth-order valence-electron chi connectivity index (χ4n) is 0.835. The Bertz CT molecular complexity index is 372. The second kappa shape index (κ2) is 5.29. The molecule has 0 N–H and O–H groups in total. The molecule has 0 unspecified atom stereocenters. The normalized spacial score (nSPS) is 11.2. The van der Waals surface area contributed by atoms with Crippen molar-refractivity contribution in [1.82, 2.24) is 0 Å². The molecule has 0 aliphatic rings. The maximum Gasteiger partial charge on any atom is 0.195 e. The lowest BCUT2D eigenvalue weighted by atomic mass is 10.3. The van der Waals surface area contributed by atoms with Crippen molar-refractivity contribution in [3.8, 4) is 0 Å². The Labute approximate surface area is 86.6 Å². The molecule has 14 heavy (non-hydrogen) atoms. The molecule has 0 radical (unpaired) electrons. The molecule has 0 aliphatic heterocycles. The summed E-state index contributed by atoms with van der Waals surface area (Å²) in [6.45, 7) is 1.46. The van der Waals surface area contributed by atoms with Gasteiger partial charge in [0.2, 0.25) is 0 Å². The highest BCUT2D eigenvalue weighted by Crippen LogP contribution is 2.09. The number of rotatable bonds is 4. The maximum atomic E-state index is 11.4. The highest BCUT2D eigenvalue weighted by atomic mass is 32.1. The van der Waals surface area contributed by atoms with Crippen LogP contribution in [0, 0.1) is 0 Å². The van der Waals surface area contributed by atoms with E-state index < -0.39 is 0 Å². The van der Waals surface area contributed by atoms with E-state index in [0.717, 1.165) is 0 Å². The summed E-state index contributed by atoms with van der Waals surface area (Å²) in [5.74, 6) is -0.0635. The average Bonchev–Trinajstić information content (AvgIpc) is 2.64. The lowest BCUT2D eigenvalue weighted by Gasteiger charge is -1.85. The van der Waals surface area contributed by atoms with E-state index in [9.17, 15) is 9.59 Å². The largest absolute Gasteiger partial charge is 0.295 e. The van der Waals surface area contributed by atoms with E-state index in [1.165, 1.54) is 30.4 Å². The van der Waals surface area contributed by atoms with Gasteiger partial charge >= 0.3 is 0 Å². The predicted octanol–water partition coefficient (Wildman–Crippen LogP) is 2.63. The zero-order valence-corrected chi connectivity index (χ0v) is 8.58. The molecule has 0 spiro atoms. The van der Waals surface area contributed by atoms with Crippen LogP contribution in [0.15, 0.2) is 41.8 Å². The minimum absolute atomic E-state index is 0.0294. The van der Waals surface area contributed by atoms with Gasteiger partial charge in [0.15, 0.2) is 11.6 Å². The van der Waals surface area contributed by atoms with Crippen molar-refractivity contribution in [2.75, 3.05) is 0 Å². The monoisotopic (exact) mass is 206 g/mol. The summed E-state index contributed by atoms with van der Waals surface area (Å²) in [6, 6.07) is 3.60. The van der Waals surface area contributed by atoms with Crippen molar-refractivity contribution in [1.29, 1.82) is 0 Å². The molecular formula is C11H10O2S. The third kappa shape index (κ3) is 3.49. The number of thiophene rings is 1. The minimum atomic E-state index is -0.0341. The molecule has 1 heterocycles. The van der Waals surface area contributed by atoms with Crippen LogP contribution in [-0.4, -0.2) is 11.6 Å². The molecule has 3 heteroatoms. The Kier molecular flexibility index (Phi) is 4.01. The maximum absolute atomic E-state index is 11.4. The van der Waals surface area contributed by atoms with Crippen LogP contribution in [0.4, 0.5) is 0 Å². The smallest absolute Gasteiger partial charge is 0.195 e. The van der Waals surface area contributed by atoms with Crippen LogP contribution < -0.4 is 0 Å². The van der Waals surface area contributed by atoms with Crippen LogP contribution in [0.1, 0.15) is 16.6 Å². The van der Waals surface area contributed by atoms with Crippen LogP contribution in [0.5, 0.6) is 0 Å². The molecule has 0 amide bonds. The summed E-state index contributed by atoms with van der Waals surface area (Å²) in [7, 11) is 0. The highest BCUT2D eigenvalue weighted by Gasteiger charge is 1.99. The van der Waals surface area contributed by atoms with E-state index in [1.54, 1.807) is 18.2 Å². The number of hydrogen-bond acceptors (Lipinski definition) is 3. The number of carbonyl (C=O) groups excluding carboxylic acids is 2. The van der Waals surface area contributed by atoms with Gasteiger partial charge in [-0.3, -0.25) is 9.59 Å². The van der Waals surface area contributed by atoms with Crippen molar-refractivity contribution in [3.05, 3.63) is 46.7 Å². The van der Waals surface area contributed by atoms with E-state index in [1.807, 2.05) is 11.4 Å². The zero-order valence-electron chi connectivity index (χ0n) is 7.77. The molecular weight excluding hydrogens is 196 g/mol. The molecule has 0 fully saturated rings. The average molecular weight is 206 g/mol. The molecule has 72 valence electrons. The lowest BCUT2D eigenvalue weighted by Crippen LogP contribution is -1.88. The highest BCUT2D eigenvalue weighted by molar-refractivity contribution is 7.12. The number of allylic oxidation sites excluding steroid dienone is 4. The molecule has 1 aromatic heterocycles. The standard InChI is InChI=1S/C11H10O2S/c1-9(12)5-2-3-6-10(13)11-7-4-8-14-11/h2-8H,1H3/b5-2+,6-3+. The van der Waals surface area contributed by atoms with Gasteiger partial charge in [0.1, 0.15) is 0 Å². The predicted molar refractivity (Wildman–Crippen MR) is 57.6 cm³/mol.